The highest BCUT2D eigenvalue weighted by molar-refractivity contribution is 14.0. The monoisotopic (exact) mass is 542 g/mol. The highest BCUT2D eigenvalue weighted by Gasteiger charge is 2.18. The molecule has 2 aliphatic rings. The third kappa shape index (κ3) is 8.57. The number of benzene rings is 1. The maximum atomic E-state index is 12.2. The zero-order chi connectivity index (χ0) is 21.2. The Morgan fingerprint density at radius 1 is 0.903 bits per heavy atom. The molecule has 0 aliphatic carbocycles. The van der Waals surface area contributed by atoms with Crippen LogP contribution < -0.4 is 10.6 Å². The standard InChI is InChI=1S/C23H38N6O.HI/c1-3-24-23(26-18-22(30)29-11-5-6-12-29)25-17-20-7-9-21(10-8-20)19-28-15-13-27(4-2)14-16-28;/h7-10H,3-6,11-19H2,1-2H3,(H2,24,25,26);1H. The summed E-state index contributed by atoms with van der Waals surface area (Å²) in [5.41, 5.74) is 2.53. The number of likely N-dealkylation sites (N-methyl/N-ethyl adjacent to an activating group) is 1. The molecule has 2 fully saturated rings. The fourth-order valence-corrected chi connectivity index (χ4v) is 4.02. The molecule has 8 heteroatoms. The quantitative estimate of drug-likeness (QED) is 0.300. The van der Waals surface area contributed by atoms with Crippen molar-refractivity contribution in [1.82, 2.24) is 25.3 Å². The Morgan fingerprint density at radius 2 is 1.52 bits per heavy atom. The molecule has 0 bridgehead atoms. The van der Waals surface area contributed by atoms with E-state index in [0.29, 0.717) is 19.0 Å². The molecule has 31 heavy (non-hydrogen) atoms. The van der Waals surface area contributed by atoms with E-state index < -0.39 is 0 Å². The van der Waals surface area contributed by atoms with E-state index in [9.17, 15) is 4.79 Å². The Hall–Kier alpha value is -1.39. The average Bonchev–Trinajstić information content (AvgIpc) is 3.32. The summed E-state index contributed by atoms with van der Waals surface area (Å²) in [6.07, 6.45) is 2.23. The summed E-state index contributed by atoms with van der Waals surface area (Å²) >= 11 is 0. The lowest BCUT2D eigenvalue weighted by atomic mass is 10.1. The number of halogens is 1. The third-order valence-corrected chi connectivity index (χ3v) is 5.97. The molecule has 2 N–H and O–H groups in total. The summed E-state index contributed by atoms with van der Waals surface area (Å²) < 4.78 is 0. The predicted octanol–water partition coefficient (Wildman–Crippen LogP) is 2.12. The minimum atomic E-state index is 0. The minimum Gasteiger partial charge on any atom is -0.357 e. The molecule has 3 rings (SSSR count). The highest BCUT2D eigenvalue weighted by atomic mass is 127. The van der Waals surface area contributed by atoms with E-state index in [4.69, 9.17) is 0 Å². The van der Waals surface area contributed by atoms with E-state index in [2.05, 4.69) is 56.6 Å². The van der Waals surface area contributed by atoms with Gasteiger partial charge in [-0.3, -0.25) is 9.69 Å². The van der Waals surface area contributed by atoms with Crippen LogP contribution in [0.3, 0.4) is 0 Å². The van der Waals surface area contributed by atoms with Crippen LogP contribution in [0.5, 0.6) is 0 Å². The summed E-state index contributed by atoms with van der Waals surface area (Å²) in [4.78, 5) is 23.9. The van der Waals surface area contributed by atoms with Crippen molar-refractivity contribution in [3.05, 3.63) is 35.4 Å². The van der Waals surface area contributed by atoms with Crippen LogP contribution in [0.25, 0.3) is 0 Å². The number of guanidine groups is 1. The van der Waals surface area contributed by atoms with Crippen molar-refractivity contribution in [1.29, 1.82) is 0 Å². The van der Waals surface area contributed by atoms with Gasteiger partial charge in [-0.1, -0.05) is 31.2 Å². The Bertz CT molecular complexity index is 682. The van der Waals surface area contributed by atoms with Crippen LogP contribution in [0.1, 0.15) is 37.8 Å². The summed E-state index contributed by atoms with van der Waals surface area (Å²) in [6, 6.07) is 8.77. The number of piperazine rings is 1. The lowest BCUT2D eigenvalue weighted by Crippen LogP contribution is -2.45. The Kier molecular flexibility index (Phi) is 11.6. The maximum Gasteiger partial charge on any atom is 0.241 e. The van der Waals surface area contributed by atoms with Gasteiger partial charge in [0.15, 0.2) is 5.96 Å². The first-order valence-electron chi connectivity index (χ1n) is 11.5. The number of rotatable bonds is 8. The Labute approximate surface area is 204 Å². The summed E-state index contributed by atoms with van der Waals surface area (Å²) in [5.74, 6) is 0.852. The normalized spacial score (nSPS) is 18.0. The number of carbonyl (C=O) groups is 1. The van der Waals surface area contributed by atoms with Crippen molar-refractivity contribution in [3.63, 3.8) is 0 Å². The molecule has 0 radical (unpaired) electrons. The van der Waals surface area contributed by atoms with Gasteiger partial charge in [0.25, 0.3) is 0 Å². The van der Waals surface area contributed by atoms with Crippen LogP contribution in [0.15, 0.2) is 29.3 Å². The van der Waals surface area contributed by atoms with Gasteiger partial charge in [0.1, 0.15) is 0 Å². The zero-order valence-electron chi connectivity index (χ0n) is 19.1. The van der Waals surface area contributed by atoms with Crippen LogP contribution in [0.4, 0.5) is 0 Å². The van der Waals surface area contributed by atoms with Crippen molar-refractivity contribution in [3.8, 4) is 0 Å². The van der Waals surface area contributed by atoms with Crippen LogP contribution >= 0.6 is 24.0 Å². The van der Waals surface area contributed by atoms with Gasteiger partial charge in [0.2, 0.25) is 5.91 Å². The number of likely N-dealkylation sites (tertiary alicyclic amines) is 1. The highest BCUT2D eigenvalue weighted by Crippen LogP contribution is 2.11. The molecule has 0 atom stereocenters. The molecule has 2 saturated heterocycles. The molecule has 7 nitrogen and oxygen atoms in total. The molecular formula is C23H39IN6O. The fourth-order valence-electron chi connectivity index (χ4n) is 4.02. The van der Waals surface area contributed by atoms with E-state index in [1.165, 1.54) is 24.2 Å². The van der Waals surface area contributed by atoms with Crippen LogP contribution in [0, 0.1) is 0 Å². The minimum absolute atomic E-state index is 0. The largest absolute Gasteiger partial charge is 0.357 e. The zero-order valence-corrected chi connectivity index (χ0v) is 21.4. The van der Waals surface area contributed by atoms with E-state index in [1.54, 1.807) is 0 Å². The smallest absolute Gasteiger partial charge is 0.241 e. The van der Waals surface area contributed by atoms with Gasteiger partial charge in [-0.05, 0) is 37.4 Å². The third-order valence-electron chi connectivity index (χ3n) is 5.97. The number of nitrogens with zero attached hydrogens (tertiary/aromatic N) is 4. The second-order valence-corrected chi connectivity index (χ2v) is 8.16. The summed E-state index contributed by atoms with van der Waals surface area (Å²) in [5, 5.41) is 6.41. The number of hydrogen-bond donors (Lipinski definition) is 2. The molecule has 174 valence electrons. The molecule has 1 aromatic carbocycles. The van der Waals surface area contributed by atoms with Gasteiger partial charge in [-0.25, -0.2) is 4.99 Å². The number of carbonyl (C=O) groups excluding carboxylic acids is 1. The average molecular weight is 543 g/mol. The van der Waals surface area contributed by atoms with Gasteiger partial charge in [0, 0.05) is 52.4 Å². The van der Waals surface area contributed by atoms with E-state index >= 15 is 0 Å². The van der Waals surface area contributed by atoms with Crippen molar-refractivity contribution < 1.29 is 4.79 Å². The number of aliphatic imine (C=N–C) groups is 1. The number of amides is 1. The van der Waals surface area contributed by atoms with Crippen molar-refractivity contribution in [2.24, 2.45) is 4.99 Å². The maximum absolute atomic E-state index is 12.2. The van der Waals surface area contributed by atoms with Gasteiger partial charge in [-0.15, -0.1) is 24.0 Å². The van der Waals surface area contributed by atoms with Crippen molar-refractivity contribution in [2.75, 3.05) is 58.9 Å². The van der Waals surface area contributed by atoms with Crippen molar-refractivity contribution in [2.45, 2.75) is 39.8 Å². The lowest BCUT2D eigenvalue weighted by molar-refractivity contribution is -0.128. The van der Waals surface area contributed by atoms with Gasteiger partial charge in [0.05, 0.1) is 13.1 Å². The SMILES string of the molecule is CCNC(=NCc1ccc(CN2CCN(CC)CC2)cc1)NCC(=O)N1CCCC1.I. The lowest BCUT2D eigenvalue weighted by Gasteiger charge is -2.34. The van der Waals surface area contributed by atoms with Crippen LogP contribution in [0.2, 0.25) is 0 Å². The molecule has 0 unspecified atom stereocenters. The van der Waals surface area contributed by atoms with Gasteiger partial charge in [-0.2, -0.15) is 0 Å². The van der Waals surface area contributed by atoms with Gasteiger partial charge >= 0.3 is 0 Å². The topological polar surface area (TPSA) is 63.2 Å². The molecule has 1 amide bonds. The summed E-state index contributed by atoms with van der Waals surface area (Å²) in [7, 11) is 0. The molecule has 2 aliphatic heterocycles. The molecule has 0 saturated carbocycles. The van der Waals surface area contributed by atoms with Crippen LogP contribution in [-0.2, 0) is 17.9 Å². The molecule has 1 aromatic rings. The van der Waals surface area contributed by atoms with E-state index in [-0.39, 0.29) is 29.9 Å². The summed E-state index contributed by atoms with van der Waals surface area (Å²) in [6.45, 7) is 14.5. The second-order valence-electron chi connectivity index (χ2n) is 8.16. The predicted molar refractivity (Wildman–Crippen MR) is 138 cm³/mol. The van der Waals surface area contributed by atoms with Crippen molar-refractivity contribution >= 4 is 35.8 Å². The molecule has 0 spiro atoms. The first-order valence-corrected chi connectivity index (χ1v) is 11.5. The number of hydrogen-bond acceptors (Lipinski definition) is 4. The van der Waals surface area contributed by atoms with Crippen LogP contribution in [-0.4, -0.2) is 85.5 Å². The molecule has 2 heterocycles. The molecular weight excluding hydrogens is 503 g/mol. The number of nitrogens with one attached hydrogen (secondary N) is 2. The van der Waals surface area contributed by atoms with E-state index in [1.807, 2.05) is 11.8 Å². The Balaban J connectivity index is 0.00000341. The first kappa shape index (κ1) is 25.9. The Morgan fingerprint density at radius 3 is 2.13 bits per heavy atom. The van der Waals surface area contributed by atoms with Gasteiger partial charge < -0.3 is 20.4 Å². The van der Waals surface area contributed by atoms with E-state index in [0.717, 1.165) is 58.7 Å². The fraction of sp³-hybridized carbons (Fsp3) is 0.652. The first-order chi connectivity index (χ1) is 14.7. The second kappa shape index (κ2) is 13.9. The molecule has 0 aromatic heterocycles.